The molecule has 15 heavy (non-hydrogen) atoms. The van der Waals surface area contributed by atoms with Gasteiger partial charge in [-0.15, -0.1) is 0 Å². The van der Waals surface area contributed by atoms with Gasteiger partial charge in [-0.25, -0.2) is 0 Å². The molecule has 0 spiro atoms. The van der Waals surface area contributed by atoms with Gasteiger partial charge in [0, 0.05) is 12.6 Å². The minimum Gasteiger partial charge on any atom is -0.508 e. The van der Waals surface area contributed by atoms with Gasteiger partial charge in [0.2, 0.25) is 0 Å². The molecule has 3 heteroatoms. The lowest BCUT2D eigenvalue weighted by atomic mass is 9.85. The van der Waals surface area contributed by atoms with Gasteiger partial charge in [-0.2, -0.15) is 0 Å². The molecule has 0 amide bonds. The third-order valence-electron chi connectivity index (χ3n) is 3.33. The van der Waals surface area contributed by atoms with E-state index in [1.165, 1.54) is 11.1 Å². The number of aryl methyl sites for hydroxylation is 1. The highest BCUT2D eigenvalue weighted by Gasteiger charge is 2.32. The zero-order chi connectivity index (χ0) is 10.3. The lowest BCUT2D eigenvalue weighted by molar-refractivity contribution is -0.0128. The SMILES string of the molecule is Oc1ccc2c(c1)C1OCCN[C@@H]1CC2. The number of hydrogen-bond acceptors (Lipinski definition) is 3. The molecule has 1 unspecified atom stereocenters. The highest BCUT2D eigenvalue weighted by Crippen LogP contribution is 2.35. The number of nitrogens with one attached hydrogen (secondary N) is 1. The second kappa shape index (κ2) is 3.51. The topological polar surface area (TPSA) is 41.5 Å². The van der Waals surface area contributed by atoms with Crippen molar-refractivity contribution in [3.63, 3.8) is 0 Å². The van der Waals surface area contributed by atoms with E-state index in [2.05, 4.69) is 5.32 Å². The van der Waals surface area contributed by atoms with Crippen LogP contribution in [0, 0.1) is 0 Å². The summed E-state index contributed by atoms with van der Waals surface area (Å²) in [6.45, 7) is 1.70. The summed E-state index contributed by atoms with van der Waals surface area (Å²) in [5, 5.41) is 13.0. The van der Waals surface area contributed by atoms with E-state index in [-0.39, 0.29) is 6.10 Å². The van der Waals surface area contributed by atoms with Gasteiger partial charge in [0.15, 0.2) is 0 Å². The predicted octanol–water partition coefficient (Wildman–Crippen LogP) is 1.37. The Bertz CT molecular complexity index is 378. The Morgan fingerprint density at radius 2 is 2.33 bits per heavy atom. The summed E-state index contributed by atoms with van der Waals surface area (Å²) in [7, 11) is 0. The number of hydrogen-bond donors (Lipinski definition) is 2. The first kappa shape index (κ1) is 9.19. The molecule has 0 radical (unpaired) electrons. The predicted molar refractivity (Wildman–Crippen MR) is 56.9 cm³/mol. The van der Waals surface area contributed by atoms with E-state index in [0.717, 1.165) is 26.0 Å². The fraction of sp³-hybridized carbons (Fsp3) is 0.500. The van der Waals surface area contributed by atoms with Gasteiger partial charge in [-0.05, 0) is 36.1 Å². The van der Waals surface area contributed by atoms with Crippen LogP contribution in [0.25, 0.3) is 0 Å². The number of phenolic OH excluding ortho intramolecular Hbond substituents is 1. The molecule has 1 heterocycles. The van der Waals surface area contributed by atoms with Crippen molar-refractivity contribution in [2.45, 2.75) is 25.0 Å². The first-order valence-corrected chi connectivity index (χ1v) is 5.51. The molecule has 80 valence electrons. The van der Waals surface area contributed by atoms with Crippen molar-refractivity contribution in [1.82, 2.24) is 5.32 Å². The molecule has 0 bridgehead atoms. The third-order valence-corrected chi connectivity index (χ3v) is 3.33. The molecule has 2 atom stereocenters. The van der Waals surface area contributed by atoms with Gasteiger partial charge >= 0.3 is 0 Å². The average molecular weight is 205 g/mol. The Hall–Kier alpha value is -1.06. The normalized spacial score (nSPS) is 29.3. The molecule has 0 saturated carbocycles. The van der Waals surface area contributed by atoms with E-state index >= 15 is 0 Å². The maximum atomic E-state index is 9.50. The average Bonchev–Trinajstić information content (AvgIpc) is 2.29. The van der Waals surface area contributed by atoms with Crippen molar-refractivity contribution in [2.75, 3.05) is 13.2 Å². The van der Waals surface area contributed by atoms with Gasteiger partial charge in [-0.1, -0.05) is 6.07 Å². The van der Waals surface area contributed by atoms with Gasteiger partial charge in [0.1, 0.15) is 5.75 Å². The van der Waals surface area contributed by atoms with Crippen molar-refractivity contribution >= 4 is 0 Å². The van der Waals surface area contributed by atoms with Crippen LogP contribution in [0.5, 0.6) is 5.75 Å². The van der Waals surface area contributed by atoms with Crippen molar-refractivity contribution in [2.24, 2.45) is 0 Å². The number of ether oxygens (including phenoxy) is 1. The third kappa shape index (κ3) is 1.52. The molecule has 3 rings (SSSR count). The van der Waals surface area contributed by atoms with Crippen LogP contribution in [0.1, 0.15) is 23.7 Å². The summed E-state index contributed by atoms with van der Waals surface area (Å²) >= 11 is 0. The molecule has 1 aromatic carbocycles. The van der Waals surface area contributed by atoms with Crippen LogP contribution in [0.3, 0.4) is 0 Å². The zero-order valence-electron chi connectivity index (χ0n) is 8.57. The number of phenols is 1. The summed E-state index contributed by atoms with van der Waals surface area (Å²) < 4.78 is 5.79. The molecule has 3 nitrogen and oxygen atoms in total. The summed E-state index contributed by atoms with van der Waals surface area (Å²) in [6, 6.07) is 6.04. The van der Waals surface area contributed by atoms with Crippen LogP contribution >= 0.6 is 0 Å². The van der Waals surface area contributed by atoms with E-state index in [1.807, 2.05) is 12.1 Å². The maximum absolute atomic E-state index is 9.50. The molecule has 1 aromatic rings. The fourth-order valence-electron chi connectivity index (χ4n) is 2.60. The van der Waals surface area contributed by atoms with Crippen LogP contribution in [0.15, 0.2) is 18.2 Å². The number of rotatable bonds is 0. The highest BCUT2D eigenvalue weighted by atomic mass is 16.5. The molecule has 2 aliphatic rings. The standard InChI is InChI=1S/C12H15NO2/c14-9-3-1-8-2-4-11-12(10(8)7-9)15-6-5-13-11/h1,3,7,11-14H,2,4-6H2/t11-,12?/m1/s1. The Morgan fingerprint density at radius 1 is 1.40 bits per heavy atom. The molecule has 2 N–H and O–H groups in total. The Balaban J connectivity index is 2.01. The van der Waals surface area contributed by atoms with Crippen molar-refractivity contribution < 1.29 is 9.84 Å². The van der Waals surface area contributed by atoms with E-state index in [9.17, 15) is 5.11 Å². The fourth-order valence-corrected chi connectivity index (χ4v) is 2.60. The first-order valence-electron chi connectivity index (χ1n) is 5.51. The van der Waals surface area contributed by atoms with Crippen LogP contribution in [0.2, 0.25) is 0 Å². The van der Waals surface area contributed by atoms with Crippen molar-refractivity contribution in [3.8, 4) is 5.75 Å². The molecule has 1 fully saturated rings. The lowest BCUT2D eigenvalue weighted by Crippen LogP contribution is -2.45. The largest absolute Gasteiger partial charge is 0.508 e. The van der Waals surface area contributed by atoms with Crippen LogP contribution in [0.4, 0.5) is 0 Å². The lowest BCUT2D eigenvalue weighted by Gasteiger charge is -2.37. The molecule has 1 saturated heterocycles. The summed E-state index contributed by atoms with van der Waals surface area (Å²) in [4.78, 5) is 0. The number of benzene rings is 1. The van der Waals surface area contributed by atoms with E-state index < -0.39 is 0 Å². The summed E-state index contributed by atoms with van der Waals surface area (Å²) in [5.41, 5.74) is 2.48. The van der Waals surface area contributed by atoms with E-state index in [1.54, 1.807) is 6.07 Å². The van der Waals surface area contributed by atoms with Gasteiger partial charge in [0.25, 0.3) is 0 Å². The monoisotopic (exact) mass is 205 g/mol. The zero-order valence-corrected chi connectivity index (χ0v) is 8.57. The molecular formula is C12H15NO2. The first-order chi connectivity index (χ1) is 7.34. The smallest absolute Gasteiger partial charge is 0.115 e. The Morgan fingerprint density at radius 3 is 3.27 bits per heavy atom. The Labute approximate surface area is 89.1 Å². The van der Waals surface area contributed by atoms with Crippen LogP contribution in [-0.4, -0.2) is 24.3 Å². The number of morpholine rings is 1. The maximum Gasteiger partial charge on any atom is 0.115 e. The van der Waals surface area contributed by atoms with Gasteiger partial charge < -0.3 is 15.2 Å². The molecule has 1 aliphatic carbocycles. The van der Waals surface area contributed by atoms with Crippen molar-refractivity contribution in [1.29, 1.82) is 0 Å². The Kier molecular flexibility index (Phi) is 2.15. The summed E-state index contributed by atoms with van der Waals surface area (Å²) in [5.74, 6) is 0.337. The summed E-state index contributed by atoms with van der Waals surface area (Å²) in [6.07, 6.45) is 2.34. The second-order valence-corrected chi connectivity index (χ2v) is 4.27. The van der Waals surface area contributed by atoms with Crippen LogP contribution < -0.4 is 5.32 Å². The molecule has 0 aromatic heterocycles. The number of fused-ring (bicyclic) bond motifs is 3. The highest BCUT2D eigenvalue weighted by molar-refractivity contribution is 5.39. The number of aromatic hydroxyl groups is 1. The quantitative estimate of drug-likeness (QED) is 0.672. The minimum atomic E-state index is 0.134. The molecular weight excluding hydrogens is 190 g/mol. The van der Waals surface area contributed by atoms with Gasteiger partial charge in [0.05, 0.1) is 12.7 Å². The van der Waals surface area contributed by atoms with E-state index in [0.29, 0.717) is 11.8 Å². The second-order valence-electron chi connectivity index (χ2n) is 4.27. The van der Waals surface area contributed by atoms with E-state index in [4.69, 9.17) is 4.74 Å². The van der Waals surface area contributed by atoms with Gasteiger partial charge in [-0.3, -0.25) is 0 Å². The minimum absolute atomic E-state index is 0.134. The molecule has 1 aliphatic heterocycles. The van der Waals surface area contributed by atoms with Crippen LogP contribution in [-0.2, 0) is 11.2 Å². The van der Waals surface area contributed by atoms with Crippen molar-refractivity contribution in [3.05, 3.63) is 29.3 Å².